The predicted molar refractivity (Wildman–Crippen MR) is 78.3 cm³/mol. The van der Waals surface area contributed by atoms with E-state index in [9.17, 15) is 14.4 Å². The van der Waals surface area contributed by atoms with Gasteiger partial charge >= 0.3 is 12.0 Å². The van der Waals surface area contributed by atoms with Gasteiger partial charge < -0.3 is 15.3 Å². The van der Waals surface area contributed by atoms with Crippen molar-refractivity contribution >= 4 is 23.6 Å². The van der Waals surface area contributed by atoms with Crippen LogP contribution < -0.4 is 10.2 Å². The summed E-state index contributed by atoms with van der Waals surface area (Å²) in [5.41, 5.74) is 1.45. The van der Waals surface area contributed by atoms with Crippen LogP contribution in [0, 0.1) is 6.92 Å². The van der Waals surface area contributed by atoms with Gasteiger partial charge in [0.1, 0.15) is 6.54 Å². The van der Waals surface area contributed by atoms with Gasteiger partial charge in [-0.2, -0.15) is 0 Å². The highest BCUT2D eigenvalue weighted by molar-refractivity contribution is 5.97. The summed E-state index contributed by atoms with van der Waals surface area (Å²) in [7, 11) is 3.15. The molecule has 1 aromatic carbocycles. The third-order valence-electron chi connectivity index (χ3n) is 2.77. The lowest BCUT2D eigenvalue weighted by Gasteiger charge is -2.22. The van der Waals surface area contributed by atoms with Crippen molar-refractivity contribution in [2.75, 3.05) is 32.1 Å². The summed E-state index contributed by atoms with van der Waals surface area (Å²) in [6.07, 6.45) is 0. The number of nitrogens with one attached hydrogen (secondary N) is 1. The minimum absolute atomic E-state index is 0.187. The van der Waals surface area contributed by atoms with Crippen LogP contribution in [0.4, 0.5) is 10.5 Å². The fourth-order valence-electron chi connectivity index (χ4n) is 1.55. The average molecular weight is 293 g/mol. The number of amides is 3. The van der Waals surface area contributed by atoms with Crippen LogP contribution in [-0.2, 0) is 9.59 Å². The molecule has 3 amide bonds. The molecule has 21 heavy (non-hydrogen) atoms. The number of carboxylic acids is 1. The lowest BCUT2D eigenvalue weighted by molar-refractivity contribution is -0.135. The van der Waals surface area contributed by atoms with Gasteiger partial charge in [0.05, 0.1) is 6.54 Å². The number of hydrogen-bond donors (Lipinski definition) is 2. The standard InChI is InChI=1S/C14H19N3O4/c1-10-4-6-11(7-5-10)17(9-13(19)20)14(21)15-8-12(18)16(2)3/h4-7H,8-9H2,1-3H3,(H,15,21)(H,19,20). The highest BCUT2D eigenvalue weighted by Crippen LogP contribution is 2.15. The van der Waals surface area contributed by atoms with E-state index in [0.717, 1.165) is 10.5 Å². The number of urea groups is 1. The Bertz CT molecular complexity index is 526. The first-order valence-corrected chi connectivity index (χ1v) is 6.35. The number of anilines is 1. The lowest BCUT2D eigenvalue weighted by Crippen LogP contribution is -2.46. The topological polar surface area (TPSA) is 90.0 Å². The number of nitrogens with zero attached hydrogens (tertiary/aromatic N) is 2. The Balaban J connectivity index is 2.82. The van der Waals surface area contributed by atoms with E-state index in [-0.39, 0.29) is 12.5 Å². The summed E-state index contributed by atoms with van der Waals surface area (Å²) in [4.78, 5) is 36.8. The van der Waals surface area contributed by atoms with Crippen LogP contribution in [0.2, 0.25) is 0 Å². The van der Waals surface area contributed by atoms with Crippen LogP contribution in [0.3, 0.4) is 0 Å². The van der Waals surface area contributed by atoms with Gasteiger partial charge in [-0.1, -0.05) is 17.7 Å². The second-order valence-electron chi connectivity index (χ2n) is 4.76. The highest BCUT2D eigenvalue weighted by Gasteiger charge is 2.19. The molecule has 0 spiro atoms. The number of hydrogen-bond acceptors (Lipinski definition) is 3. The Morgan fingerprint density at radius 3 is 2.19 bits per heavy atom. The summed E-state index contributed by atoms with van der Waals surface area (Å²) in [6, 6.07) is 6.25. The van der Waals surface area contributed by atoms with Crippen LogP contribution in [0.15, 0.2) is 24.3 Å². The van der Waals surface area contributed by atoms with E-state index in [2.05, 4.69) is 5.32 Å². The first-order chi connectivity index (χ1) is 9.81. The smallest absolute Gasteiger partial charge is 0.323 e. The number of likely N-dealkylation sites (N-methyl/N-ethyl adjacent to an activating group) is 1. The SMILES string of the molecule is Cc1ccc(N(CC(=O)O)C(=O)NCC(=O)N(C)C)cc1. The number of aryl methyl sites for hydroxylation is 1. The van der Waals surface area contributed by atoms with Crippen molar-refractivity contribution in [1.82, 2.24) is 10.2 Å². The molecule has 0 aliphatic carbocycles. The van der Waals surface area contributed by atoms with Crippen LogP contribution in [0.1, 0.15) is 5.56 Å². The fourth-order valence-corrected chi connectivity index (χ4v) is 1.55. The summed E-state index contributed by atoms with van der Waals surface area (Å²) in [6.45, 7) is 1.22. The molecule has 0 radical (unpaired) electrons. The van der Waals surface area contributed by atoms with E-state index < -0.39 is 18.5 Å². The van der Waals surface area contributed by atoms with E-state index in [0.29, 0.717) is 5.69 Å². The molecule has 0 aromatic heterocycles. The quantitative estimate of drug-likeness (QED) is 0.835. The van der Waals surface area contributed by atoms with E-state index in [1.807, 2.05) is 6.92 Å². The number of rotatable bonds is 5. The van der Waals surface area contributed by atoms with E-state index in [1.165, 1.54) is 4.90 Å². The third kappa shape index (κ3) is 5.13. The minimum atomic E-state index is -1.13. The Kier molecular flexibility index (Phi) is 5.71. The number of benzene rings is 1. The molecule has 7 nitrogen and oxygen atoms in total. The summed E-state index contributed by atoms with van der Waals surface area (Å²) in [5, 5.41) is 11.3. The van der Waals surface area contributed by atoms with Gasteiger partial charge in [-0.05, 0) is 19.1 Å². The van der Waals surface area contributed by atoms with E-state index in [4.69, 9.17) is 5.11 Å². The number of aliphatic carboxylic acids is 1. The maximum Gasteiger partial charge on any atom is 0.323 e. The molecule has 0 unspecified atom stereocenters. The van der Waals surface area contributed by atoms with E-state index >= 15 is 0 Å². The van der Waals surface area contributed by atoms with Crippen molar-refractivity contribution in [2.45, 2.75) is 6.92 Å². The first-order valence-electron chi connectivity index (χ1n) is 6.35. The Hall–Kier alpha value is -2.57. The molecule has 1 rings (SSSR count). The second kappa shape index (κ2) is 7.28. The Labute approximate surface area is 123 Å². The van der Waals surface area contributed by atoms with Crippen molar-refractivity contribution in [2.24, 2.45) is 0 Å². The molecule has 2 N–H and O–H groups in total. The number of carboxylic acid groups (broad SMARTS) is 1. The van der Waals surface area contributed by atoms with Crippen LogP contribution >= 0.6 is 0 Å². The maximum absolute atomic E-state index is 12.1. The molecule has 0 heterocycles. The molecule has 0 saturated carbocycles. The molecule has 7 heteroatoms. The molecule has 0 saturated heterocycles. The third-order valence-corrected chi connectivity index (χ3v) is 2.77. The van der Waals surface area contributed by atoms with Crippen LogP contribution in [0.25, 0.3) is 0 Å². The van der Waals surface area contributed by atoms with Gasteiger partial charge in [-0.15, -0.1) is 0 Å². The molecule has 0 aliphatic heterocycles. The molecular weight excluding hydrogens is 274 g/mol. The maximum atomic E-state index is 12.1. The van der Waals surface area contributed by atoms with Gasteiger partial charge in [0.25, 0.3) is 0 Å². The van der Waals surface area contributed by atoms with Gasteiger partial charge in [0, 0.05) is 19.8 Å². The van der Waals surface area contributed by atoms with Crippen LogP contribution in [0.5, 0.6) is 0 Å². The summed E-state index contributed by atoms with van der Waals surface area (Å²) >= 11 is 0. The Morgan fingerprint density at radius 2 is 1.71 bits per heavy atom. The van der Waals surface area contributed by atoms with Crippen molar-refractivity contribution in [3.8, 4) is 0 Å². The first kappa shape index (κ1) is 16.5. The predicted octanol–water partition coefficient (Wildman–Crippen LogP) is 0.684. The molecule has 1 aromatic rings. The number of carbonyl (C=O) groups is 3. The summed E-state index contributed by atoms with van der Waals surface area (Å²) in [5.74, 6) is -1.41. The van der Waals surface area contributed by atoms with Gasteiger partial charge in [-0.3, -0.25) is 14.5 Å². The Morgan fingerprint density at radius 1 is 1.14 bits per heavy atom. The largest absolute Gasteiger partial charge is 0.480 e. The molecule has 0 bridgehead atoms. The molecule has 0 aliphatic rings. The molecule has 0 fully saturated rings. The van der Waals surface area contributed by atoms with Crippen molar-refractivity contribution in [1.29, 1.82) is 0 Å². The zero-order valence-electron chi connectivity index (χ0n) is 12.3. The molecule has 114 valence electrons. The minimum Gasteiger partial charge on any atom is -0.480 e. The molecular formula is C14H19N3O4. The second-order valence-corrected chi connectivity index (χ2v) is 4.76. The zero-order valence-corrected chi connectivity index (χ0v) is 12.3. The van der Waals surface area contributed by atoms with Crippen molar-refractivity contribution in [3.05, 3.63) is 29.8 Å². The lowest BCUT2D eigenvalue weighted by atomic mass is 10.2. The van der Waals surface area contributed by atoms with Gasteiger partial charge in [0.2, 0.25) is 5.91 Å². The van der Waals surface area contributed by atoms with Crippen molar-refractivity contribution < 1.29 is 19.5 Å². The fraction of sp³-hybridized carbons (Fsp3) is 0.357. The van der Waals surface area contributed by atoms with Gasteiger partial charge in [-0.25, -0.2) is 4.79 Å². The van der Waals surface area contributed by atoms with Gasteiger partial charge in [0.15, 0.2) is 0 Å². The molecule has 0 atom stereocenters. The monoisotopic (exact) mass is 293 g/mol. The average Bonchev–Trinajstić information content (AvgIpc) is 2.42. The number of carbonyl (C=O) groups excluding carboxylic acids is 2. The highest BCUT2D eigenvalue weighted by atomic mass is 16.4. The normalized spacial score (nSPS) is 9.86. The summed E-state index contributed by atoms with van der Waals surface area (Å²) < 4.78 is 0. The van der Waals surface area contributed by atoms with Crippen LogP contribution in [-0.4, -0.2) is 55.1 Å². The van der Waals surface area contributed by atoms with E-state index in [1.54, 1.807) is 38.4 Å². The zero-order chi connectivity index (χ0) is 16.0. The van der Waals surface area contributed by atoms with Crippen molar-refractivity contribution in [3.63, 3.8) is 0 Å².